The molecule has 0 bridgehead atoms. The summed E-state index contributed by atoms with van der Waals surface area (Å²) in [4.78, 5) is 25.8. The van der Waals surface area contributed by atoms with Gasteiger partial charge in [-0.15, -0.1) is 0 Å². The van der Waals surface area contributed by atoms with Gasteiger partial charge >= 0.3 is 0 Å². The van der Waals surface area contributed by atoms with Gasteiger partial charge in [-0.25, -0.2) is 0 Å². The highest BCUT2D eigenvalue weighted by Gasteiger charge is 2.27. The number of para-hydroxylation sites is 2. The third-order valence-electron chi connectivity index (χ3n) is 4.78. The van der Waals surface area contributed by atoms with E-state index in [1.807, 2.05) is 6.92 Å². The number of amides is 1. The number of carbonyl (C=O) groups excluding carboxylic acids is 1. The van der Waals surface area contributed by atoms with Crippen molar-refractivity contribution in [1.82, 2.24) is 4.57 Å². The molecule has 0 aliphatic heterocycles. The van der Waals surface area contributed by atoms with Crippen LogP contribution in [-0.4, -0.2) is 22.7 Å². The normalized spacial score (nSPS) is 13.2. The van der Waals surface area contributed by atoms with Gasteiger partial charge in [0.1, 0.15) is 17.1 Å². The topological polar surface area (TPSA) is 80.6 Å². The van der Waals surface area contributed by atoms with Crippen LogP contribution in [0.25, 0.3) is 0 Å². The van der Waals surface area contributed by atoms with Crippen LogP contribution in [0.3, 0.4) is 0 Å². The smallest absolute Gasteiger partial charge is 0.267 e. The fraction of sp³-hybridized carbons (Fsp3) is 0.400. The number of methoxy groups -OCH3 is 1. The summed E-state index contributed by atoms with van der Waals surface area (Å²) in [5.41, 5.74) is 1.44. The van der Waals surface area contributed by atoms with Crippen molar-refractivity contribution in [1.29, 1.82) is 0 Å². The van der Waals surface area contributed by atoms with E-state index < -0.39 is 11.5 Å². The summed E-state index contributed by atoms with van der Waals surface area (Å²) >= 11 is 0. The lowest BCUT2D eigenvalue weighted by molar-refractivity contribution is 0.102. The number of hydrogen-bond acceptors (Lipinski definition) is 4. The van der Waals surface area contributed by atoms with Crippen LogP contribution < -0.4 is 15.6 Å². The van der Waals surface area contributed by atoms with E-state index in [9.17, 15) is 14.7 Å². The number of benzene rings is 1. The highest BCUT2D eigenvalue weighted by Crippen LogP contribution is 2.31. The van der Waals surface area contributed by atoms with Gasteiger partial charge in [0.25, 0.3) is 11.5 Å². The van der Waals surface area contributed by atoms with Crippen LogP contribution in [0.5, 0.6) is 11.5 Å². The zero-order chi connectivity index (χ0) is 18.7. The lowest BCUT2D eigenvalue weighted by atomic mass is 9.93. The number of carbonyl (C=O) groups is 1. The van der Waals surface area contributed by atoms with Gasteiger partial charge in [0.2, 0.25) is 0 Å². The predicted octanol–water partition coefficient (Wildman–Crippen LogP) is 3.10. The average Bonchev–Trinajstić information content (AvgIpc) is 2.65. The largest absolute Gasteiger partial charge is 0.507 e. The van der Waals surface area contributed by atoms with Gasteiger partial charge in [-0.3, -0.25) is 9.59 Å². The molecule has 138 valence electrons. The number of aromatic hydroxyl groups is 1. The molecule has 0 spiro atoms. The molecule has 26 heavy (non-hydrogen) atoms. The standard InChI is InChI=1S/C20H24N2O4/c1-3-12-22-15-10-6-4-8-13(15)18(23)17(20(22)25)19(24)21-14-9-5-7-11-16(14)26-2/h5,7,9,11,23H,3-4,6,8,10,12H2,1-2H3,(H,21,24). The molecule has 1 heterocycles. The molecule has 1 aromatic heterocycles. The molecule has 0 saturated heterocycles. The molecule has 0 saturated carbocycles. The molecule has 1 amide bonds. The van der Waals surface area contributed by atoms with Crippen molar-refractivity contribution < 1.29 is 14.6 Å². The Balaban J connectivity index is 2.08. The number of anilines is 1. The van der Waals surface area contributed by atoms with E-state index in [4.69, 9.17) is 4.74 Å². The van der Waals surface area contributed by atoms with Crippen molar-refractivity contribution in [3.63, 3.8) is 0 Å². The average molecular weight is 356 g/mol. The van der Waals surface area contributed by atoms with Gasteiger partial charge in [-0.1, -0.05) is 19.1 Å². The molecule has 0 unspecified atom stereocenters. The van der Waals surface area contributed by atoms with E-state index in [1.165, 1.54) is 7.11 Å². The first-order chi connectivity index (χ1) is 12.6. The maximum Gasteiger partial charge on any atom is 0.267 e. The quantitative estimate of drug-likeness (QED) is 0.863. The maximum atomic E-state index is 12.9. The number of fused-ring (bicyclic) bond motifs is 1. The Hall–Kier alpha value is -2.76. The van der Waals surface area contributed by atoms with Crippen LogP contribution >= 0.6 is 0 Å². The van der Waals surface area contributed by atoms with E-state index in [1.54, 1.807) is 28.8 Å². The van der Waals surface area contributed by atoms with Gasteiger partial charge in [-0.2, -0.15) is 0 Å². The minimum absolute atomic E-state index is 0.176. The van der Waals surface area contributed by atoms with Crippen molar-refractivity contribution in [2.24, 2.45) is 0 Å². The summed E-state index contributed by atoms with van der Waals surface area (Å²) in [6, 6.07) is 6.97. The molecule has 0 fully saturated rings. The summed E-state index contributed by atoms with van der Waals surface area (Å²) in [5, 5.41) is 13.4. The van der Waals surface area contributed by atoms with Crippen molar-refractivity contribution in [3.05, 3.63) is 51.4 Å². The zero-order valence-corrected chi connectivity index (χ0v) is 15.2. The molecule has 1 aliphatic rings. The van der Waals surface area contributed by atoms with Gasteiger partial charge in [-0.05, 0) is 44.2 Å². The van der Waals surface area contributed by atoms with Crippen molar-refractivity contribution in [2.45, 2.75) is 45.6 Å². The second-order valence-electron chi connectivity index (χ2n) is 6.47. The molecule has 0 atom stereocenters. The Morgan fingerprint density at radius 3 is 2.73 bits per heavy atom. The van der Waals surface area contributed by atoms with Crippen LogP contribution in [0, 0.1) is 0 Å². The maximum absolute atomic E-state index is 12.9. The highest BCUT2D eigenvalue weighted by atomic mass is 16.5. The van der Waals surface area contributed by atoms with Gasteiger partial charge < -0.3 is 19.7 Å². The van der Waals surface area contributed by atoms with Crippen LogP contribution in [-0.2, 0) is 19.4 Å². The highest BCUT2D eigenvalue weighted by molar-refractivity contribution is 6.06. The number of aromatic nitrogens is 1. The molecular formula is C20H24N2O4. The Morgan fingerprint density at radius 2 is 2.00 bits per heavy atom. The van der Waals surface area contributed by atoms with Crippen LogP contribution in [0.2, 0.25) is 0 Å². The lowest BCUT2D eigenvalue weighted by Crippen LogP contribution is -2.33. The fourth-order valence-electron chi connectivity index (χ4n) is 3.55. The molecule has 2 N–H and O–H groups in total. The monoisotopic (exact) mass is 356 g/mol. The summed E-state index contributed by atoms with van der Waals surface area (Å²) in [5.74, 6) is -0.299. The summed E-state index contributed by atoms with van der Waals surface area (Å²) in [6.45, 7) is 2.53. The molecule has 1 aromatic carbocycles. The SMILES string of the molecule is CCCn1c2c(c(O)c(C(=O)Nc3ccccc3OC)c1=O)CCCC2. The summed E-state index contributed by atoms with van der Waals surface area (Å²) in [6.07, 6.45) is 4.15. The van der Waals surface area contributed by atoms with Crippen LogP contribution in [0.4, 0.5) is 5.69 Å². The summed E-state index contributed by atoms with van der Waals surface area (Å²) < 4.78 is 6.89. The molecule has 3 rings (SSSR count). The Labute approximate surface area is 152 Å². The number of pyridine rings is 1. The molecule has 1 aliphatic carbocycles. The molecular weight excluding hydrogens is 332 g/mol. The second kappa shape index (κ2) is 7.64. The minimum atomic E-state index is -0.616. The van der Waals surface area contributed by atoms with E-state index in [0.717, 1.165) is 36.9 Å². The van der Waals surface area contributed by atoms with E-state index in [2.05, 4.69) is 5.32 Å². The fourth-order valence-corrected chi connectivity index (χ4v) is 3.55. The Morgan fingerprint density at radius 1 is 1.27 bits per heavy atom. The summed E-state index contributed by atoms with van der Waals surface area (Å²) in [7, 11) is 1.51. The van der Waals surface area contributed by atoms with Gasteiger partial charge in [0.05, 0.1) is 12.8 Å². The molecule has 2 aromatic rings. The minimum Gasteiger partial charge on any atom is -0.507 e. The van der Waals surface area contributed by atoms with E-state index in [-0.39, 0.29) is 11.3 Å². The first-order valence-electron chi connectivity index (χ1n) is 9.00. The van der Waals surface area contributed by atoms with Crippen molar-refractivity contribution in [3.8, 4) is 11.5 Å². The predicted molar refractivity (Wildman–Crippen MR) is 100 cm³/mol. The van der Waals surface area contributed by atoms with Gasteiger partial charge in [0.15, 0.2) is 0 Å². The number of rotatable bonds is 5. The molecule has 6 heteroatoms. The number of ether oxygens (including phenoxy) is 1. The Bertz CT molecular complexity index is 886. The zero-order valence-electron chi connectivity index (χ0n) is 15.2. The number of nitrogens with zero attached hydrogens (tertiary/aromatic N) is 1. The molecule has 0 radical (unpaired) electrons. The van der Waals surface area contributed by atoms with Gasteiger partial charge in [0, 0.05) is 17.8 Å². The van der Waals surface area contributed by atoms with Crippen molar-refractivity contribution in [2.75, 3.05) is 12.4 Å². The second-order valence-corrected chi connectivity index (χ2v) is 6.47. The van der Waals surface area contributed by atoms with E-state index in [0.29, 0.717) is 24.4 Å². The number of hydrogen-bond donors (Lipinski definition) is 2. The first kappa shape index (κ1) is 18.0. The third-order valence-corrected chi connectivity index (χ3v) is 4.78. The molecule has 6 nitrogen and oxygen atoms in total. The third kappa shape index (κ3) is 3.19. The number of nitrogens with one attached hydrogen (secondary N) is 1. The lowest BCUT2D eigenvalue weighted by Gasteiger charge is -2.23. The van der Waals surface area contributed by atoms with Crippen molar-refractivity contribution >= 4 is 11.6 Å². The van der Waals surface area contributed by atoms with E-state index >= 15 is 0 Å². The first-order valence-corrected chi connectivity index (χ1v) is 9.00. The van der Waals surface area contributed by atoms with Crippen LogP contribution in [0.1, 0.15) is 47.8 Å². The van der Waals surface area contributed by atoms with Crippen LogP contribution in [0.15, 0.2) is 29.1 Å². The Kier molecular flexibility index (Phi) is 5.30.